The Morgan fingerprint density at radius 1 is 0.943 bits per heavy atom. The molecule has 0 aliphatic carbocycles. The fourth-order valence-corrected chi connectivity index (χ4v) is 4.67. The van der Waals surface area contributed by atoms with E-state index in [1.807, 2.05) is 45.9 Å². The second-order valence-corrected chi connectivity index (χ2v) is 10.6. The van der Waals surface area contributed by atoms with Crippen LogP contribution in [0.15, 0.2) is 71.6 Å². The number of benzene rings is 3. The standard InChI is InChI=1S/C26H29N3O4S2/c1-17(2)16-33-23-11-6-5-10-22(23)25(30)28-26(34)27-20-12-14-21(15-13-20)35(31,32)29-24-18(3)8-7-9-19(24)4/h5-15,17,29H,16H2,1-4H3,(H2,27,28,30,34). The van der Waals surface area contributed by atoms with Crippen LogP contribution in [-0.4, -0.2) is 26.0 Å². The molecule has 0 saturated heterocycles. The van der Waals surface area contributed by atoms with Crippen molar-refractivity contribution in [3.63, 3.8) is 0 Å². The molecule has 0 unspecified atom stereocenters. The Kier molecular flexibility index (Phi) is 8.48. The van der Waals surface area contributed by atoms with Crippen molar-refractivity contribution in [3.8, 4) is 5.75 Å². The van der Waals surface area contributed by atoms with E-state index in [-0.39, 0.29) is 10.0 Å². The maximum absolute atomic E-state index is 12.8. The molecule has 7 nitrogen and oxygen atoms in total. The summed E-state index contributed by atoms with van der Waals surface area (Å²) in [6.45, 7) is 8.24. The van der Waals surface area contributed by atoms with Gasteiger partial charge >= 0.3 is 0 Å². The zero-order chi connectivity index (χ0) is 25.6. The average molecular weight is 512 g/mol. The minimum atomic E-state index is -3.77. The summed E-state index contributed by atoms with van der Waals surface area (Å²) in [7, 11) is -3.77. The molecule has 0 aliphatic rings. The Balaban J connectivity index is 1.65. The van der Waals surface area contributed by atoms with E-state index in [1.165, 1.54) is 12.1 Å². The van der Waals surface area contributed by atoms with Gasteiger partial charge in [-0.2, -0.15) is 0 Å². The number of carbonyl (C=O) groups excluding carboxylic acids is 1. The van der Waals surface area contributed by atoms with E-state index in [9.17, 15) is 13.2 Å². The van der Waals surface area contributed by atoms with Crippen LogP contribution in [0.5, 0.6) is 5.75 Å². The Morgan fingerprint density at radius 3 is 2.20 bits per heavy atom. The number of amides is 1. The summed E-state index contributed by atoms with van der Waals surface area (Å²) in [4.78, 5) is 12.8. The highest BCUT2D eigenvalue weighted by Gasteiger charge is 2.17. The van der Waals surface area contributed by atoms with Gasteiger partial charge in [-0.25, -0.2) is 8.42 Å². The predicted octanol–water partition coefficient (Wildman–Crippen LogP) is 5.27. The summed E-state index contributed by atoms with van der Waals surface area (Å²) >= 11 is 5.27. The maximum atomic E-state index is 12.8. The van der Waals surface area contributed by atoms with Gasteiger partial charge in [0.1, 0.15) is 5.75 Å². The topological polar surface area (TPSA) is 96.5 Å². The van der Waals surface area contributed by atoms with Crippen molar-refractivity contribution in [3.05, 3.63) is 83.4 Å². The first-order valence-corrected chi connectivity index (χ1v) is 13.0. The second-order valence-electron chi connectivity index (χ2n) is 8.51. The van der Waals surface area contributed by atoms with Gasteiger partial charge in [-0.1, -0.05) is 44.2 Å². The molecular weight excluding hydrogens is 482 g/mol. The highest BCUT2D eigenvalue weighted by atomic mass is 32.2. The normalized spacial score (nSPS) is 11.1. The number of ether oxygens (including phenoxy) is 1. The number of anilines is 2. The largest absolute Gasteiger partial charge is 0.492 e. The van der Waals surface area contributed by atoms with Gasteiger partial charge in [0.25, 0.3) is 15.9 Å². The van der Waals surface area contributed by atoms with Crippen LogP contribution in [0.3, 0.4) is 0 Å². The highest BCUT2D eigenvalue weighted by molar-refractivity contribution is 7.92. The molecule has 0 atom stereocenters. The van der Waals surface area contributed by atoms with Crippen LogP contribution in [-0.2, 0) is 10.0 Å². The number of hydrogen-bond acceptors (Lipinski definition) is 5. The van der Waals surface area contributed by atoms with E-state index >= 15 is 0 Å². The predicted molar refractivity (Wildman–Crippen MR) is 144 cm³/mol. The molecular formula is C26H29N3O4S2. The van der Waals surface area contributed by atoms with Crippen LogP contribution in [0, 0.1) is 19.8 Å². The molecule has 0 saturated carbocycles. The summed E-state index contributed by atoms with van der Waals surface area (Å²) in [6, 6.07) is 18.6. The van der Waals surface area contributed by atoms with Crippen molar-refractivity contribution < 1.29 is 17.9 Å². The SMILES string of the molecule is Cc1cccc(C)c1NS(=O)(=O)c1ccc(NC(=S)NC(=O)c2ccccc2OCC(C)C)cc1. The molecule has 3 aromatic rings. The van der Waals surface area contributed by atoms with Crippen LogP contribution < -0.4 is 20.1 Å². The monoisotopic (exact) mass is 511 g/mol. The van der Waals surface area contributed by atoms with E-state index in [4.69, 9.17) is 17.0 Å². The van der Waals surface area contributed by atoms with Crippen molar-refractivity contribution in [2.24, 2.45) is 5.92 Å². The number of thiocarbonyl (C=S) groups is 1. The molecule has 35 heavy (non-hydrogen) atoms. The highest BCUT2D eigenvalue weighted by Crippen LogP contribution is 2.24. The van der Waals surface area contributed by atoms with Gasteiger partial charge in [0, 0.05) is 5.69 Å². The molecule has 0 heterocycles. The Hall–Kier alpha value is -3.43. The van der Waals surface area contributed by atoms with Gasteiger partial charge in [-0.3, -0.25) is 14.8 Å². The minimum absolute atomic E-state index is 0.0814. The lowest BCUT2D eigenvalue weighted by Crippen LogP contribution is -2.34. The van der Waals surface area contributed by atoms with Crippen LogP contribution in [0.2, 0.25) is 0 Å². The Labute approximate surface area is 212 Å². The van der Waals surface area contributed by atoms with Crippen molar-refractivity contribution in [1.29, 1.82) is 0 Å². The van der Waals surface area contributed by atoms with Gasteiger partial charge in [-0.15, -0.1) is 0 Å². The summed E-state index contributed by atoms with van der Waals surface area (Å²) in [5.41, 5.74) is 3.14. The summed E-state index contributed by atoms with van der Waals surface area (Å²) in [5.74, 6) is 0.392. The van der Waals surface area contributed by atoms with Gasteiger partial charge in [0.05, 0.1) is 22.8 Å². The lowest BCUT2D eigenvalue weighted by molar-refractivity contribution is 0.0973. The number of hydrogen-bond donors (Lipinski definition) is 3. The Bertz CT molecular complexity index is 1300. The smallest absolute Gasteiger partial charge is 0.261 e. The zero-order valence-electron chi connectivity index (χ0n) is 20.1. The average Bonchev–Trinajstić information content (AvgIpc) is 2.80. The quantitative estimate of drug-likeness (QED) is 0.357. The van der Waals surface area contributed by atoms with Gasteiger partial charge in [-0.05, 0) is 79.5 Å². The van der Waals surface area contributed by atoms with Crippen molar-refractivity contribution in [1.82, 2.24) is 5.32 Å². The van der Waals surface area contributed by atoms with Crippen LogP contribution in [0.1, 0.15) is 35.3 Å². The van der Waals surface area contributed by atoms with E-state index in [2.05, 4.69) is 15.4 Å². The third-order valence-electron chi connectivity index (χ3n) is 5.07. The Morgan fingerprint density at radius 2 is 1.57 bits per heavy atom. The summed E-state index contributed by atoms with van der Waals surface area (Å²) in [6.07, 6.45) is 0. The lowest BCUT2D eigenvalue weighted by Gasteiger charge is -2.15. The van der Waals surface area contributed by atoms with Gasteiger partial charge in [0.2, 0.25) is 0 Å². The van der Waals surface area contributed by atoms with Crippen molar-refractivity contribution >= 4 is 44.6 Å². The van der Waals surface area contributed by atoms with Gasteiger partial charge in [0.15, 0.2) is 5.11 Å². The van der Waals surface area contributed by atoms with Crippen LogP contribution in [0.25, 0.3) is 0 Å². The number of aryl methyl sites for hydroxylation is 2. The maximum Gasteiger partial charge on any atom is 0.261 e. The molecule has 0 aliphatic heterocycles. The van der Waals surface area contributed by atoms with Crippen LogP contribution in [0.4, 0.5) is 11.4 Å². The first-order valence-electron chi connectivity index (χ1n) is 11.1. The lowest BCUT2D eigenvalue weighted by atomic mass is 10.1. The van der Waals surface area contributed by atoms with E-state index in [0.717, 1.165) is 11.1 Å². The number of nitrogens with one attached hydrogen (secondary N) is 3. The third kappa shape index (κ3) is 7.03. The molecule has 0 fully saturated rings. The fourth-order valence-electron chi connectivity index (χ4n) is 3.26. The molecule has 9 heteroatoms. The first kappa shape index (κ1) is 26.2. The number of rotatable bonds is 8. The van der Waals surface area contributed by atoms with E-state index in [1.54, 1.807) is 36.4 Å². The molecule has 3 aromatic carbocycles. The molecule has 0 radical (unpaired) electrons. The minimum Gasteiger partial charge on any atom is -0.492 e. The first-order chi connectivity index (χ1) is 16.6. The summed E-state index contributed by atoms with van der Waals surface area (Å²) in [5, 5.41) is 5.62. The van der Waals surface area contributed by atoms with Crippen molar-refractivity contribution in [2.75, 3.05) is 16.6 Å². The van der Waals surface area contributed by atoms with Crippen molar-refractivity contribution in [2.45, 2.75) is 32.6 Å². The van der Waals surface area contributed by atoms with Crippen LogP contribution >= 0.6 is 12.2 Å². The fraction of sp³-hybridized carbons (Fsp3) is 0.231. The van der Waals surface area contributed by atoms with Gasteiger partial charge < -0.3 is 10.1 Å². The molecule has 1 amide bonds. The third-order valence-corrected chi connectivity index (χ3v) is 6.64. The zero-order valence-corrected chi connectivity index (χ0v) is 21.7. The second kappa shape index (κ2) is 11.3. The molecule has 0 spiro atoms. The number of carbonyl (C=O) groups is 1. The van der Waals surface area contributed by atoms with E-state index < -0.39 is 15.9 Å². The molecule has 3 rings (SSSR count). The van der Waals surface area contributed by atoms with E-state index in [0.29, 0.717) is 35.2 Å². The molecule has 0 bridgehead atoms. The molecule has 184 valence electrons. The molecule has 3 N–H and O–H groups in total. The number of sulfonamides is 1. The molecule has 0 aromatic heterocycles. The number of para-hydroxylation sites is 2. The summed E-state index contributed by atoms with van der Waals surface area (Å²) < 4.78 is 34.1.